The standard InChI is InChI=1S/C15H21BrN2O2/c1-18(12-7-8-17-10-12)15(19)6-4-11-3-5-14(20-2)13(16)9-11/h3,5,9,12,17H,4,6-8,10H2,1-2H3/t12-/m1/s1. The van der Waals surface area contributed by atoms with Crippen molar-refractivity contribution in [2.45, 2.75) is 25.3 Å². The maximum absolute atomic E-state index is 12.2. The van der Waals surface area contributed by atoms with E-state index in [2.05, 4.69) is 21.2 Å². The van der Waals surface area contributed by atoms with Gasteiger partial charge < -0.3 is 15.0 Å². The number of halogens is 1. The van der Waals surface area contributed by atoms with Crippen molar-refractivity contribution in [1.29, 1.82) is 0 Å². The van der Waals surface area contributed by atoms with Crippen LogP contribution in [-0.2, 0) is 11.2 Å². The lowest BCUT2D eigenvalue weighted by Crippen LogP contribution is -2.38. The first kappa shape index (κ1) is 15.3. The van der Waals surface area contributed by atoms with Crippen LogP contribution in [0.3, 0.4) is 0 Å². The topological polar surface area (TPSA) is 41.6 Å². The van der Waals surface area contributed by atoms with Gasteiger partial charge in [0.2, 0.25) is 5.91 Å². The second-order valence-corrected chi connectivity index (χ2v) is 5.97. The van der Waals surface area contributed by atoms with E-state index < -0.39 is 0 Å². The van der Waals surface area contributed by atoms with Crippen molar-refractivity contribution in [3.8, 4) is 5.75 Å². The third-order valence-corrected chi connectivity index (χ3v) is 4.44. The van der Waals surface area contributed by atoms with Crippen LogP contribution in [-0.4, -0.2) is 44.1 Å². The van der Waals surface area contributed by atoms with Gasteiger partial charge in [-0.1, -0.05) is 6.07 Å². The largest absolute Gasteiger partial charge is 0.496 e. The van der Waals surface area contributed by atoms with E-state index in [4.69, 9.17) is 4.74 Å². The Balaban J connectivity index is 1.88. The molecule has 1 fully saturated rings. The highest BCUT2D eigenvalue weighted by Gasteiger charge is 2.22. The van der Waals surface area contributed by atoms with Gasteiger partial charge >= 0.3 is 0 Å². The average Bonchev–Trinajstić information content (AvgIpc) is 2.98. The molecule has 1 aromatic carbocycles. The first-order valence-electron chi connectivity index (χ1n) is 6.90. The monoisotopic (exact) mass is 340 g/mol. The number of methoxy groups -OCH3 is 1. The number of hydrogen-bond donors (Lipinski definition) is 1. The summed E-state index contributed by atoms with van der Waals surface area (Å²) in [5.41, 5.74) is 1.14. The van der Waals surface area contributed by atoms with Crippen LogP contribution in [0.1, 0.15) is 18.4 Å². The maximum Gasteiger partial charge on any atom is 0.222 e. The van der Waals surface area contributed by atoms with Gasteiger partial charge in [0.15, 0.2) is 0 Å². The van der Waals surface area contributed by atoms with E-state index in [1.165, 1.54) is 0 Å². The van der Waals surface area contributed by atoms with Gasteiger partial charge in [-0.25, -0.2) is 0 Å². The van der Waals surface area contributed by atoms with Gasteiger partial charge in [-0.05, 0) is 53.0 Å². The third kappa shape index (κ3) is 3.73. The van der Waals surface area contributed by atoms with Crippen LogP contribution in [0.4, 0.5) is 0 Å². The number of ether oxygens (including phenoxy) is 1. The second kappa shape index (κ2) is 7.09. The molecule has 5 heteroatoms. The molecule has 1 amide bonds. The van der Waals surface area contributed by atoms with Gasteiger partial charge in [0.1, 0.15) is 5.75 Å². The van der Waals surface area contributed by atoms with E-state index in [1.54, 1.807) is 7.11 Å². The molecule has 1 saturated heterocycles. The highest BCUT2D eigenvalue weighted by atomic mass is 79.9. The minimum absolute atomic E-state index is 0.214. The molecule has 0 aliphatic carbocycles. The van der Waals surface area contributed by atoms with Crippen molar-refractivity contribution in [2.75, 3.05) is 27.2 Å². The third-order valence-electron chi connectivity index (χ3n) is 3.82. The molecule has 1 aliphatic rings. The smallest absolute Gasteiger partial charge is 0.222 e. The molecule has 0 radical (unpaired) electrons. The van der Waals surface area contributed by atoms with E-state index in [-0.39, 0.29) is 5.91 Å². The number of amides is 1. The summed E-state index contributed by atoms with van der Waals surface area (Å²) in [6.45, 7) is 1.92. The maximum atomic E-state index is 12.2. The van der Waals surface area contributed by atoms with Crippen molar-refractivity contribution < 1.29 is 9.53 Å². The minimum atomic E-state index is 0.214. The summed E-state index contributed by atoms with van der Waals surface area (Å²) >= 11 is 3.47. The zero-order chi connectivity index (χ0) is 14.5. The number of aryl methyl sites for hydroxylation is 1. The second-order valence-electron chi connectivity index (χ2n) is 5.12. The molecular weight excluding hydrogens is 320 g/mol. The van der Waals surface area contributed by atoms with Crippen LogP contribution in [0.25, 0.3) is 0 Å². The number of carbonyl (C=O) groups excluding carboxylic acids is 1. The Bertz CT molecular complexity index is 473. The lowest BCUT2D eigenvalue weighted by molar-refractivity contribution is -0.131. The number of likely N-dealkylation sites (N-methyl/N-ethyl adjacent to an activating group) is 1. The van der Waals surface area contributed by atoms with Crippen molar-refractivity contribution >= 4 is 21.8 Å². The van der Waals surface area contributed by atoms with E-state index in [1.807, 2.05) is 30.1 Å². The molecule has 0 aromatic heterocycles. The summed E-state index contributed by atoms with van der Waals surface area (Å²) in [5.74, 6) is 1.03. The number of hydrogen-bond acceptors (Lipinski definition) is 3. The Morgan fingerprint density at radius 2 is 2.35 bits per heavy atom. The van der Waals surface area contributed by atoms with Gasteiger partial charge in [-0.15, -0.1) is 0 Å². The van der Waals surface area contributed by atoms with Crippen molar-refractivity contribution in [3.05, 3.63) is 28.2 Å². The summed E-state index contributed by atoms with van der Waals surface area (Å²) in [7, 11) is 3.55. The lowest BCUT2D eigenvalue weighted by Gasteiger charge is -2.23. The van der Waals surface area contributed by atoms with Crippen LogP contribution in [0, 0.1) is 0 Å². The lowest BCUT2D eigenvalue weighted by atomic mass is 10.1. The van der Waals surface area contributed by atoms with Crippen LogP contribution in [0.15, 0.2) is 22.7 Å². The van der Waals surface area contributed by atoms with Crippen molar-refractivity contribution in [1.82, 2.24) is 10.2 Å². The molecule has 1 heterocycles. The van der Waals surface area contributed by atoms with Crippen molar-refractivity contribution in [2.24, 2.45) is 0 Å². The number of nitrogens with one attached hydrogen (secondary N) is 1. The molecule has 0 spiro atoms. The Morgan fingerprint density at radius 1 is 1.55 bits per heavy atom. The van der Waals surface area contributed by atoms with Crippen LogP contribution < -0.4 is 10.1 Å². The highest BCUT2D eigenvalue weighted by Crippen LogP contribution is 2.26. The normalized spacial score (nSPS) is 18.1. The number of rotatable bonds is 5. The Kier molecular flexibility index (Phi) is 5.43. The Labute approximate surface area is 128 Å². The molecule has 1 N–H and O–H groups in total. The molecule has 0 saturated carbocycles. The zero-order valence-corrected chi connectivity index (χ0v) is 13.6. The molecular formula is C15H21BrN2O2. The van der Waals surface area contributed by atoms with E-state index in [0.29, 0.717) is 12.5 Å². The van der Waals surface area contributed by atoms with Gasteiger partial charge in [0.25, 0.3) is 0 Å². The van der Waals surface area contributed by atoms with Crippen LogP contribution >= 0.6 is 15.9 Å². The first-order chi connectivity index (χ1) is 9.61. The SMILES string of the molecule is COc1ccc(CCC(=O)N(C)[C@@H]2CCNC2)cc1Br. The van der Waals surface area contributed by atoms with Gasteiger partial charge in [0.05, 0.1) is 11.6 Å². The Hall–Kier alpha value is -1.07. The molecule has 0 unspecified atom stereocenters. The molecule has 1 aromatic rings. The van der Waals surface area contributed by atoms with Gasteiger partial charge in [-0.2, -0.15) is 0 Å². The first-order valence-corrected chi connectivity index (χ1v) is 7.70. The summed E-state index contributed by atoms with van der Waals surface area (Å²) in [6.07, 6.45) is 2.36. The van der Waals surface area contributed by atoms with E-state index in [0.717, 1.165) is 41.7 Å². The fourth-order valence-corrected chi connectivity index (χ4v) is 3.05. The van der Waals surface area contributed by atoms with Gasteiger partial charge in [-0.3, -0.25) is 4.79 Å². The van der Waals surface area contributed by atoms with E-state index >= 15 is 0 Å². The van der Waals surface area contributed by atoms with Crippen LogP contribution in [0.5, 0.6) is 5.75 Å². The van der Waals surface area contributed by atoms with E-state index in [9.17, 15) is 4.79 Å². The summed E-state index contributed by atoms with van der Waals surface area (Å²) < 4.78 is 6.13. The number of benzene rings is 1. The van der Waals surface area contributed by atoms with Crippen LogP contribution in [0.2, 0.25) is 0 Å². The molecule has 1 aliphatic heterocycles. The Morgan fingerprint density at radius 3 is 2.95 bits per heavy atom. The summed E-state index contributed by atoms with van der Waals surface area (Å²) in [4.78, 5) is 14.1. The summed E-state index contributed by atoms with van der Waals surface area (Å²) in [5, 5.41) is 3.29. The minimum Gasteiger partial charge on any atom is -0.496 e. The molecule has 2 rings (SSSR count). The fourth-order valence-electron chi connectivity index (χ4n) is 2.47. The molecule has 1 atom stereocenters. The van der Waals surface area contributed by atoms with Crippen molar-refractivity contribution in [3.63, 3.8) is 0 Å². The molecule has 20 heavy (non-hydrogen) atoms. The molecule has 110 valence electrons. The fraction of sp³-hybridized carbons (Fsp3) is 0.533. The molecule has 0 bridgehead atoms. The highest BCUT2D eigenvalue weighted by molar-refractivity contribution is 9.10. The predicted octanol–water partition coefficient (Wildman–Crippen LogP) is 2.21. The molecule has 4 nitrogen and oxygen atoms in total. The number of carbonyl (C=O) groups is 1. The average molecular weight is 341 g/mol. The quantitative estimate of drug-likeness (QED) is 0.893. The predicted molar refractivity (Wildman–Crippen MR) is 83.1 cm³/mol. The van der Waals surface area contributed by atoms with Gasteiger partial charge in [0, 0.05) is 26.1 Å². The summed E-state index contributed by atoms with van der Waals surface area (Å²) in [6, 6.07) is 6.30. The number of nitrogens with zero attached hydrogens (tertiary/aromatic N) is 1. The zero-order valence-electron chi connectivity index (χ0n) is 12.0.